The Balaban J connectivity index is 1.53. The molecule has 0 bridgehead atoms. The lowest BCUT2D eigenvalue weighted by molar-refractivity contribution is -0.137. The average molecular weight is 431 g/mol. The van der Waals surface area contributed by atoms with Gasteiger partial charge < -0.3 is 5.32 Å². The molecule has 1 aromatic heterocycles. The van der Waals surface area contributed by atoms with Crippen molar-refractivity contribution in [3.05, 3.63) is 76.8 Å². The van der Waals surface area contributed by atoms with E-state index in [1.807, 2.05) is 6.07 Å². The van der Waals surface area contributed by atoms with Crippen LogP contribution in [0.5, 0.6) is 0 Å². The van der Waals surface area contributed by atoms with Gasteiger partial charge in [-0.2, -0.15) is 13.2 Å². The number of carbonyl (C=O) groups excluding carboxylic acids is 2. The maximum absolute atomic E-state index is 13.0. The first kappa shape index (κ1) is 20.1. The predicted octanol–water partition coefficient (Wildman–Crippen LogP) is 4.80. The molecular weight excluding hydrogens is 415 g/mol. The molecule has 2 heterocycles. The molecule has 0 spiro atoms. The molecule has 2 aromatic carbocycles. The van der Waals surface area contributed by atoms with Crippen LogP contribution in [0.1, 0.15) is 23.7 Å². The summed E-state index contributed by atoms with van der Waals surface area (Å²) < 4.78 is 38.2. The summed E-state index contributed by atoms with van der Waals surface area (Å²) in [5, 5.41) is 4.93. The number of hydrogen-bond acceptors (Lipinski definition) is 4. The lowest BCUT2D eigenvalue weighted by atomic mass is 9.92. The molecule has 1 atom stereocenters. The minimum atomic E-state index is -4.40. The first-order valence-electron chi connectivity index (χ1n) is 9.00. The monoisotopic (exact) mass is 431 g/mol. The van der Waals surface area contributed by atoms with Gasteiger partial charge in [0.25, 0.3) is 5.91 Å². The maximum atomic E-state index is 13.0. The fourth-order valence-corrected chi connectivity index (χ4v) is 4.10. The Morgan fingerprint density at radius 2 is 1.73 bits per heavy atom. The Labute approximate surface area is 174 Å². The Bertz CT molecular complexity index is 1100. The summed E-state index contributed by atoms with van der Waals surface area (Å²) in [5.74, 6) is -0.386. The molecule has 0 saturated carbocycles. The highest BCUT2D eigenvalue weighted by Crippen LogP contribution is 2.33. The number of rotatable bonds is 4. The molecule has 3 amide bonds. The molecule has 0 aliphatic carbocycles. The zero-order valence-electron chi connectivity index (χ0n) is 15.7. The van der Waals surface area contributed by atoms with Crippen LogP contribution in [0.3, 0.4) is 0 Å². The number of urea groups is 1. The van der Waals surface area contributed by atoms with Gasteiger partial charge in [-0.15, -0.1) is 11.3 Å². The highest BCUT2D eigenvalue weighted by atomic mass is 32.1. The summed E-state index contributed by atoms with van der Waals surface area (Å²) in [5.41, 5.74) is -0.205. The van der Waals surface area contributed by atoms with E-state index in [2.05, 4.69) is 10.3 Å². The molecule has 1 saturated heterocycles. The second-order valence-corrected chi connectivity index (χ2v) is 7.89. The van der Waals surface area contributed by atoms with Gasteiger partial charge in [0.15, 0.2) is 0 Å². The molecule has 9 heteroatoms. The molecule has 1 fully saturated rings. The minimum absolute atomic E-state index is 0.0236. The molecule has 5 nitrogen and oxygen atoms in total. The Morgan fingerprint density at radius 1 is 1.07 bits per heavy atom. The summed E-state index contributed by atoms with van der Waals surface area (Å²) in [6, 6.07) is 13.1. The standard InChI is InChI=1S/C21H16F3N3O2S/c1-20(14-5-3-2-4-6-14)18(28)27(19(29)26-20)11-16-12-30-17(25-16)13-7-9-15(10-8-13)21(22,23)24/h2-10,12H,11H2,1H3,(H,26,29). The van der Waals surface area contributed by atoms with Crippen LogP contribution in [0, 0.1) is 0 Å². The number of amides is 3. The predicted molar refractivity (Wildman–Crippen MR) is 105 cm³/mol. The molecule has 1 unspecified atom stereocenters. The third kappa shape index (κ3) is 3.56. The molecule has 0 radical (unpaired) electrons. The van der Waals surface area contributed by atoms with Crippen molar-refractivity contribution in [2.75, 3.05) is 0 Å². The van der Waals surface area contributed by atoms with Crippen LogP contribution in [0.2, 0.25) is 0 Å². The smallest absolute Gasteiger partial charge is 0.319 e. The van der Waals surface area contributed by atoms with Crippen LogP contribution < -0.4 is 5.32 Å². The number of hydrogen-bond donors (Lipinski definition) is 1. The summed E-state index contributed by atoms with van der Waals surface area (Å²) in [7, 11) is 0. The second-order valence-electron chi connectivity index (χ2n) is 7.03. The maximum Gasteiger partial charge on any atom is 0.416 e. The zero-order valence-corrected chi connectivity index (χ0v) is 16.6. The largest absolute Gasteiger partial charge is 0.416 e. The van der Waals surface area contributed by atoms with E-state index >= 15 is 0 Å². The van der Waals surface area contributed by atoms with Gasteiger partial charge in [-0.3, -0.25) is 9.69 Å². The number of imide groups is 1. The number of nitrogens with zero attached hydrogens (tertiary/aromatic N) is 2. The molecule has 3 aromatic rings. The fourth-order valence-electron chi connectivity index (χ4n) is 3.28. The molecule has 1 aliphatic heterocycles. The van der Waals surface area contributed by atoms with Crippen LogP contribution in [0.25, 0.3) is 10.6 Å². The van der Waals surface area contributed by atoms with Gasteiger partial charge in [0.2, 0.25) is 0 Å². The average Bonchev–Trinajstić information content (AvgIpc) is 3.27. The topological polar surface area (TPSA) is 62.3 Å². The van der Waals surface area contributed by atoms with Gasteiger partial charge >= 0.3 is 12.2 Å². The van der Waals surface area contributed by atoms with Crippen molar-refractivity contribution < 1.29 is 22.8 Å². The molecule has 1 aliphatic rings. The van der Waals surface area contributed by atoms with Crippen molar-refractivity contribution in [1.29, 1.82) is 0 Å². The summed E-state index contributed by atoms with van der Waals surface area (Å²) in [6.45, 7) is 1.63. The van der Waals surface area contributed by atoms with Crippen molar-refractivity contribution in [3.63, 3.8) is 0 Å². The summed E-state index contributed by atoms with van der Waals surface area (Å²) >= 11 is 1.24. The van der Waals surface area contributed by atoms with Crippen LogP contribution in [0.4, 0.5) is 18.0 Å². The molecule has 4 rings (SSSR count). The lowest BCUT2D eigenvalue weighted by Gasteiger charge is -2.21. The lowest BCUT2D eigenvalue weighted by Crippen LogP contribution is -2.40. The van der Waals surface area contributed by atoms with Crippen LogP contribution in [-0.2, 0) is 23.1 Å². The molecular formula is C21H16F3N3O2S. The number of thiazole rings is 1. The number of alkyl halides is 3. The normalized spacial score (nSPS) is 19.3. The number of halogens is 3. The second kappa shape index (κ2) is 7.24. The Kier molecular flexibility index (Phi) is 4.85. The summed E-state index contributed by atoms with van der Waals surface area (Å²) in [4.78, 5) is 30.9. The van der Waals surface area contributed by atoms with E-state index < -0.39 is 23.3 Å². The third-order valence-corrected chi connectivity index (χ3v) is 5.90. The van der Waals surface area contributed by atoms with Gasteiger partial charge in [0, 0.05) is 10.9 Å². The van der Waals surface area contributed by atoms with Crippen molar-refractivity contribution in [2.24, 2.45) is 0 Å². The van der Waals surface area contributed by atoms with Gasteiger partial charge in [-0.1, -0.05) is 42.5 Å². The minimum Gasteiger partial charge on any atom is -0.319 e. The van der Waals surface area contributed by atoms with Crippen molar-refractivity contribution in [2.45, 2.75) is 25.2 Å². The van der Waals surface area contributed by atoms with E-state index in [0.717, 1.165) is 17.0 Å². The number of carbonyl (C=O) groups is 2. The first-order chi connectivity index (χ1) is 14.2. The van der Waals surface area contributed by atoms with Gasteiger partial charge in [0.1, 0.15) is 10.5 Å². The van der Waals surface area contributed by atoms with Gasteiger partial charge in [-0.05, 0) is 24.6 Å². The number of nitrogens with one attached hydrogen (secondary N) is 1. The molecule has 1 N–H and O–H groups in total. The number of aromatic nitrogens is 1. The van der Waals surface area contributed by atoms with Crippen LogP contribution in [0.15, 0.2) is 60.0 Å². The van der Waals surface area contributed by atoms with E-state index in [0.29, 0.717) is 21.8 Å². The van der Waals surface area contributed by atoms with E-state index in [9.17, 15) is 22.8 Å². The third-order valence-electron chi connectivity index (χ3n) is 4.96. The highest BCUT2D eigenvalue weighted by molar-refractivity contribution is 7.13. The van der Waals surface area contributed by atoms with E-state index in [4.69, 9.17) is 0 Å². The molecule has 30 heavy (non-hydrogen) atoms. The highest BCUT2D eigenvalue weighted by Gasteiger charge is 2.49. The fraction of sp³-hybridized carbons (Fsp3) is 0.190. The van der Waals surface area contributed by atoms with Crippen molar-refractivity contribution in [3.8, 4) is 10.6 Å². The van der Waals surface area contributed by atoms with Crippen LogP contribution >= 0.6 is 11.3 Å². The first-order valence-corrected chi connectivity index (χ1v) is 9.88. The van der Waals surface area contributed by atoms with Gasteiger partial charge in [-0.25, -0.2) is 9.78 Å². The Hall–Kier alpha value is -3.20. The molecule has 154 valence electrons. The quantitative estimate of drug-likeness (QED) is 0.604. The van der Waals surface area contributed by atoms with E-state index in [1.165, 1.54) is 23.5 Å². The SMILES string of the molecule is CC1(c2ccccc2)NC(=O)N(Cc2csc(-c3ccc(C(F)(F)F)cc3)n2)C1=O. The van der Waals surface area contributed by atoms with Crippen molar-refractivity contribution in [1.82, 2.24) is 15.2 Å². The number of benzene rings is 2. The summed E-state index contributed by atoms with van der Waals surface area (Å²) in [6.07, 6.45) is -4.40. The van der Waals surface area contributed by atoms with E-state index in [1.54, 1.807) is 36.6 Å². The van der Waals surface area contributed by atoms with Crippen LogP contribution in [-0.4, -0.2) is 21.8 Å². The zero-order chi connectivity index (χ0) is 21.5. The Morgan fingerprint density at radius 3 is 2.37 bits per heavy atom. The van der Waals surface area contributed by atoms with Gasteiger partial charge in [0.05, 0.1) is 17.8 Å². The van der Waals surface area contributed by atoms with E-state index in [-0.39, 0.29) is 12.5 Å². The van der Waals surface area contributed by atoms with Crippen molar-refractivity contribution >= 4 is 23.3 Å².